The number of ether oxygens (including phenoxy) is 1. The number of nitrogen functional groups attached to an aromatic ring is 1. The summed E-state index contributed by atoms with van der Waals surface area (Å²) in [5, 5.41) is 9.02. The first kappa shape index (κ1) is 13.0. The molecule has 0 amide bonds. The molecule has 2 aromatic rings. The molecule has 0 aromatic heterocycles. The smallest absolute Gasteiger partial charge is 0.337 e. The number of aryl methyl sites for hydroxylation is 2. The van der Waals surface area contributed by atoms with E-state index in [1.165, 1.54) is 12.1 Å². The summed E-state index contributed by atoms with van der Waals surface area (Å²) in [5.41, 5.74) is 7.93. The molecule has 0 aliphatic rings. The van der Waals surface area contributed by atoms with Crippen LogP contribution in [0.4, 0.5) is 5.69 Å². The van der Waals surface area contributed by atoms with Gasteiger partial charge in [-0.1, -0.05) is 12.1 Å². The van der Waals surface area contributed by atoms with E-state index >= 15 is 0 Å². The number of rotatable bonds is 3. The number of carboxylic acid groups (broad SMARTS) is 1. The Hall–Kier alpha value is -2.49. The van der Waals surface area contributed by atoms with Crippen LogP contribution in [-0.2, 0) is 0 Å². The second-order valence-electron chi connectivity index (χ2n) is 4.43. The van der Waals surface area contributed by atoms with Gasteiger partial charge in [0.05, 0.1) is 5.56 Å². The van der Waals surface area contributed by atoms with Gasteiger partial charge in [0.1, 0.15) is 11.5 Å². The standard InChI is InChI=1S/C15H15NO3/c1-9-3-4-10(2)14(7-9)19-11-5-6-13(16)12(8-11)15(17)18/h3-8H,16H2,1-2H3,(H,17,18). The Morgan fingerprint density at radius 1 is 1.16 bits per heavy atom. The average Bonchev–Trinajstić information content (AvgIpc) is 2.36. The van der Waals surface area contributed by atoms with E-state index in [1.54, 1.807) is 6.07 Å². The van der Waals surface area contributed by atoms with Crippen LogP contribution in [0.1, 0.15) is 21.5 Å². The highest BCUT2D eigenvalue weighted by Crippen LogP contribution is 2.28. The predicted molar refractivity (Wildman–Crippen MR) is 73.8 cm³/mol. The number of carboxylic acids is 1. The van der Waals surface area contributed by atoms with E-state index in [0.717, 1.165) is 11.1 Å². The summed E-state index contributed by atoms with van der Waals surface area (Å²) in [5.74, 6) is 0.102. The minimum Gasteiger partial charge on any atom is -0.478 e. The normalized spacial score (nSPS) is 10.2. The number of anilines is 1. The fraction of sp³-hybridized carbons (Fsp3) is 0.133. The quantitative estimate of drug-likeness (QED) is 0.827. The van der Waals surface area contributed by atoms with Crippen LogP contribution in [0.2, 0.25) is 0 Å². The molecule has 0 aliphatic heterocycles. The highest BCUT2D eigenvalue weighted by atomic mass is 16.5. The molecule has 0 heterocycles. The summed E-state index contributed by atoms with van der Waals surface area (Å²) in [6, 6.07) is 10.5. The van der Waals surface area contributed by atoms with Crippen molar-refractivity contribution in [2.45, 2.75) is 13.8 Å². The monoisotopic (exact) mass is 257 g/mol. The van der Waals surface area contributed by atoms with Crippen LogP contribution in [-0.4, -0.2) is 11.1 Å². The third-order valence-electron chi connectivity index (χ3n) is 2.83. The van der Waals surface area contributed by atoms with E-state index in [0.29, 0.717) is 11.5 Å². The lowest BCUT2D eigenvalue weighted by molar-refractivity contribution is 0.0697. The SMILES string of the molecule is Cc1ccc(C)c(Oc2ccc(N)c(C(=O)O)c2)c1. The van der Waals surface area contributed by atoms with E-state index < -0.39 is 5.97 Å². The highest BCUT2D eigenvalue weighted by Gasteiger charge is 2.10. The van der Waals surface area contributed by atoms with Crippen LogP contribution in [0.3, 0.4) is 0 Å². The Bertz CT molecular complexity index is 635. The lowest BCUT2D eigenvalue weighted by Crippen LogP contribution is -2.02. The van der Waals surface area contributed by atoms with Crippen molar-refractivity contribution in [1.82, 2.24) is 0 Å². The second-order valence-corrected chi connectivity index (χ2v) is 4.43. The number of nitrogens with two attached hydrogens (primary N) is 1. The maximum absolute atomic E-state index is 11.0. The topological polar surface area (TPSA) is 72.5 Å². The Morgan fingerprint density at radius 2 is 1.89 bits per heavy atom. The van der Waals surface area contributed by atoms with Crippen LogP contribution in [0.25, 0.3) is 0 Å². The average molecular weight is 257 g/mol. The Kier molecular flexibility index (Phi) is 3.42. The molecule has 0 saturated heterocycles. The molecule has 0 radical (unpaired) electrons. The zero-order valence-electron chi connectivity index (χ0n) is 10.8. The van der Waals surface area contributed by atoms with E-state index in [-0.39, 0.29) is 11.3 Å². The molecule has 0 atom stereocenters. The zero-order chi connectivity index (χ0) is 14.0. The Labute approximate surface area is 111 Å². The molecule has 2 aromatic carbocycles. The van der Waals surface area contributed by atoms with Gasteiger partial charge in [0, 0.05) is 5.69 Å². The molecule has 0 aliphatic carbocycles. The first-order chi connectivity index (χ1) is 8.97. The number of aromatic carboxylic acids is 1. The van der Waals surface area contributed by atoms with Crippen molar-refractivity contribution >= 4 is 11.7 Å². The molecular weight excluding hydrogens is 242 g/mol. The van der Waals surface area contributed by atoms with Crippen molar-refractivity contribution in [3.05, 3.63) is 53.1 Å². The van der Waals surface area contributed by atoms with Crippen molar-refractivity contribution < 1.29 is 14.6 Å². The molecule has 0 bridgehead atoms. The van der Waals surface area contributed by atoms with Gasteiger partial charge in [-0.3, -0.25) is 0 Å². The van der Waals surface area contributed by atoms with Crippen molar-refractivity contribution in [1.29, 1.82) is 0 Å². The third kappa shape index (κ3) is 2.85. The van der Waals surface area contributed by atoms with Gasteiger partial charge in [-0.2, -0.15) is 0 Å². The zero-order valence-corrected chi connectivity index (χ0v) is 10.8. The minimum atomic E-state index is -1.07. The predicted octanol–water partition coefficient (Wildman–Crippen LogP) is 3.38. The molecular formula is C15H15NO3. The van der Waals surface area contributed by atoms with Crippen molar-refractivity contribution in [3.8, 4) is 11.5 Å². The van der Waals surface area contributed by atoms with Gasteiger partial charge in [-0.15, -0.1) is 0 Å². The molecule has 98 valence electrons. The van der Waals surface area contributed by atoms with E-state index in [9.17, 15) is 4.79 Å². The maximum Gasteiger partial charge on any atom is 0.337 e. The Morgan fingerprint density at radius 3 is 2.58 bits per heavy atom. The lowest BCUT2D eigenvalue weighted by atomic mass is 10.1. The maximum atomic E-state index is 11.0. The summed E-state index contributed by atoms with van der Waals surface area (Å²) in [4.78, 5) is 11.0. The fourth-order valence-electron chi connectivity index (χ4n) is 1.73. The molecule has 0 spiro atoms. The first-order valence-electron chi connectivity index (χ1n) is 5.85. The minimum absolute atomic E-state index is 0.0443. The third-order valence-corrected chi connectivity index (χ3v) is 2.83. The molecule has 0 fully saturated rings. The van der Waals surface area contributed by atoms with Crippen molar-refractivity contribution in [3.63, 3.8) is 0 Å². The molecule has 4 heteroatoms. The van der Waals surface area contributed by atoms with Gasteiger partial charge in [-0.25, -0.2) is 4.79 Å². The first-order valence-corrected chi connectivity index (χ1v) is 5.85. The van der Waals surface area contributed by atoms with Crippen LogP contribution in [0.5, 0.6) is 11.5 Å². The molecule has 0 saturated carbocycles. The van der Waals surface area contributed by atoms with Gasteiger partial charge in [0.25, 0.3) is 0 Å². The van der Waals surface area contributed by atoms with Crippen LogP contribution in [0.15, 0.2) is 36.4 Å². The van der Waals surface area contributed by atoms with Crippen LogP contribution >= 0.6 is 0 Å². The van der Waals surface area contributed by atoms with Crippen LogP contribution < -0.4 is 10.5 Å². The van der Waals surface area contributed by atoms with Gasteiger partial charge in [-0.05, 0) is 49.2 Å². The van der Waals surface area contributed by atoms with Gasteiger partial charge in [0.15, 0.2) is 0 Å². The summed E-state index contributed by atoms with van der Waals surface area (Å²) < 4.78 is 5.72. The summed E-state index contributed by atoms with van der Waals surface area (Å²) in [7, 11) is 0. The molecule has 19 heavy (non-hydrogen) atoms. The lowest BCUT2D eigenvalue weighted by Gasteiger charge is -2.11. The molecule has 3 N–H and O–H groups in total. The highest BCUT2D eigenvalue weighted by molar-refractivity contribution is 5.94. The molecule has 0 unspecified atom stereocenters. The summed E-state index contributed by atoms with van der Waals surface area (Å²) in [6.45, 7) is 3.90. The van der Waals surface area contributed by atoms with Gasteiger partial charge in [0.2, 0.25) is 0 Å². The van der Waals surface area contributed by atoms with Crippen LogP contribution in [0, 0.1) is 13.8 Å². The van der Waals surface area contributed by atoms with Gasteiger partial charge >= 0.3 is 5.97 Å². The fourth-order valence-corrected chi connectivity index (χ4v) is 1.73. The Balaban J connectivity index is 2.36. The van der Waals surface area contributed by atoms with E-state index in [4.69, 9.17) is 15.6 Å². The second kappa shape index (κ2) is 5.02. The summed E-state index contributed by atoms with van der Waals surface area (Å²) in [6.07, 6.45) is 0. The van der Waals surface area contributed by atoms with E-state index in [2.05, 4.69) is 0 Å². The van der Waals surface area contributed by atoms with Crippen molar-refractivity contribution in [2.75, 3.05) is 5.73 Å². The molecule has 4 nitrogen and oxygen atoms in total. The van der Waals surface area contributed by atoms with Crippen molar-refractivity contribution in [2.24, 2.45) is 0 Å². The van der Waals surface area contributed by atoms with E-state index in [1.807, 2.05) is 32.0 Å². The number of carbonyl (C=O) groups is 1. The summed E-state index contributed by atoms with van der Waals surface area (Å²) >= 11 is 0. The number of hydrogen-bond acceptors (Lipinski definition) is 3. The number of hydrogen-bond donors (Lipinski definition) is 2. The van der Waals surface area contributed by atoms with Gasteiger partial charge < -0.3 is 15.6 Å². The number of benzene rings is 2. The molecule has 2 rings (SSSR count). The largest absolute Gasteiger partial charge is 0.478 e.